The number of carbonyl (C=O) groups is 1. The van der Waals surface area contributed by atoms with Crippen LogP contribution in [0.3, 0.4) is 0 Å². The van der Waals surface area contributed by atoms with Crippen molar-refractivity contribution in [2.24, 2.45) is 23.5 Å². The van der Waals surface area contributed by atoms with Crippen LogP contribution in [0.25, 0.3) is 0 Å². The van der Waals surface area contributed by atoms with Crippen molar-refractivity contribution in [3.8, 4) is 17.2 Å². The van der Waals surface area contributed by atoms with Crippen molar-refractivity contribution in [3.05, 3.63) is 17.7 Å². The van der Waals surface area contributed by atoms with Crippen LogP contribution in [0.2, 0.25) is 0 Å². The maximum atomic E-state index is 11.1. The van der Waals surface area contributed by atoms with Crippen molar-refractivity contribution in [2.45, 2.75) is 58.6 Å². The van der Waals surface area contributed by atoms with Gasteiger partial charge in [-0.15, -0.1) is 0 Å². The zero-order valence-electron chi connectivity index (χ0n) is 19.7. The molecule has 0 amide bonds. The SMILES string of the molecule is COCCCOc1cc(C[C@@H](C[C@H](N)[C@@H](O)C[C@@H](C)C(=O)O)C(C)C)cc2c1OCCO2. The molecule has 0 fully saturated rings. The number of nitrogens with two attached hydrogens (primary N) is 1. The molecule has 1 heterocycles. The number of aliphatic hydroxyl groups is 1. The maximum absolute atomic E-state index is 11.1. The summed E-state index contributed by atoms with van der Waals surface area (Å²) in [5.74, 6) is 0.935. The van der Waals surface area contributed by atoms with Gasteiger partial charge in [-0.2, -0.15) is 0 Å². The molecule has 0 aromatic heterocycles. The van der Waals surface area contributed by atoms with Gasteiger partial charge >= 0.3 is 5.97 Å². The molecule has 182 valence electrons. The van der Waals surface area contributed by atoms with E-state index in [9.17, 15) is 9.90 Å². The fourth-order valence-corrected chi connectivity index (χ4v) is 3.82. The van der Waals surface area contributed by atoms with Gasteiger partial charge in [0.15, 0.2) is 11.5 Å². The van der Waals surface area contributed by atoms with Crippen LogP contribution in [-0.2, 0) is 16.0 Å². The van der Waals surface area contributed by atoms with Crippen LogP contribution in [0.4, 0.5) is 0 Å². The number of methoxy groups -OCH3 is 1. The van der Waals surface area contributed by atoms with Crippen molar-refractivity contribution >= 4 is 5.97 Å². The molecule has 0 radical (unpaired) electrons. The monoisotopic (exact) mass is 453 g/mol. The third-order valence-electron chi connectivity index (χ3n) is 5.94. The Morgan fingerprint density at radius 1 is 1.16 bits per heavy atom. The summed E-state index contributed by atoms with van der Waals surface area (Å²) in [6, 6.07) is 3.48. The normalized spacial score (nSPS) is 17.0. The fourth-order valence-electron chi connectivity index (χ4n) is 3.82. The molecule has 4 N–H and O–H groups in total. The van der Waals surface area contributed by atoms with Crippen molar-refractivity contribution in [2.75, 3.05) is 33.5 Å². The summed E-state index contributed by atoms with van der Waals surface area (Å²) in [4.78, 5) is 11.1. The number of hydrogen-bond donors (Lipinski definition) is 3. The van der Waals surface area contributed by atoms with E-state index < -0.39 is 24.0 Å². The van der Waals surface area contributed by atoms with Crippen molar-refractivity contribution in [3.63, 3.8) is 0 Å². The van der Waals surface area contributed by atoms with E-state index in [0.29, 0.717) is 56.0 Å². The van der Waals surface area contributed by atoms with Gasteiger partial charge < -0.3 is 34.9 Å². The summed E-state index contributed by atoms with van der Waals surface area (Å²) >= 11 is 0. The van der Waals surface area contributed by atoms with Crippen LogP contribution in [-0.4, -0.2) is 61.9 Å². The molecular formula is C24H39NO7. The smallest absolute Gasteiger partial charge is 0.306 e. The quantitative estimate of drug-likeness (QED) is 0.368. The van der Waals surface area contributed by atoms with E-state index in [0.717, 1.165) is 18.4 Å². The molecule has 1 aliphatic rings. The highest BCUT2D eigenvalue weighted by molar-refractivity contribution is 5.69. The summed E-state index contributed by atoms with van der Waals surface area (Å²) in [6.07, 6.45) is 1.38. The number of aliphatic carboxylic acids is 1. The lowest BCUT2D eigenvalue weighted by Gasteiger charge is -2.28. The van der Waals surface area contributed by atoms with Gasteiger partial charge in [0.2, 0.25) is 5.75 Å². The molecule has 1 aromatic rings. The van der Waals surface area contributed by atoms with Gasteiger partial charge in [0, 0.05) is 26.2 Å². The Hall–Kier alpha value is -2.03. The Labute approximate surface area is 191 Å². The van der Waals surface area contributed by atoms with E-state index in [1.54, 1.807) is 14.0 Å². The van der Waals surface area contributed by atoms with E-state index in [-0.39, 0.29) is 12.3 Å². The highest BCUT2D eigenvalue weighted by atomic mass is 16.6. The minimum absolute atomic E-state index is 0.144. The first-order chi connectivity index (χ1) is 15.2. The highest BCUT2D eigenvalue weighted by Crippen LogP contribution is 2.41. The number of hydrogen-bond acceptors (Lipinski definition) is 7. The number of fused-ring (bicyclic) bond motifs is 1. The zero-order valence-corrected chi connectivity index (χ0v) is 19.7. The number of aliphatic hydroxyl groups excluding tert-OH is 1. The topological polar surface area (TPSA) is 120 Å². The molecule has 8 nitrogen and oxygen atoms in total. The molecule has 0 saturated heterocycles. The van der Waals surface area contributed by atoms with Gasteiger partial charge in [-0.1, -0.05) is 20.8 Å². The Bertz CT molecular complexity index is 725. The van der Waals surface area contributed by atoms with Gasteiger partial charge in [-0.25, -0.2) is 0 Å². The van der Waals surface area contributed by atoms with Crippen molar-refractivity contribution in [1.82, 2.24) is 0 Å². The molecule has 0 bridgehead atoms. The number of carboxylic acid groups (broad SMARTS) is 1. The second-order valence-corrected chi connectivity index (χ2v) is 8.96. The van der Waals surface area contributed by atoms with Crippen molar-refractivity contribution < 1.29 is 34.0 Å². The van der Waals surface area contributed by atoms with E-state index >= 15 is 0 Å². The van der Waals surface area contributed by atoms with Gasteiger partial charge in [-0.05, 0) is 48.8 Å². The number of carboxylic acids is 1. The van der Waals surface area contributed by atoms with Crippen LogP contribution in [0, 0.1) is 17.8 Å². The Balaban J connectivity index is 2.11. The Kier molecular flexibility index (Phi) is 10.5. The predicted molar refractivity (Wildman–Crippen MR) is 121 cm³/mol. The van der Waals surface area contributed by atoms with E-state index in [2.05, 4.69) is 13.8 Å². The first kappa shape index (κ1) is 26.2. The van der Waals surface area contributed by atoms with Gasteiger partial charge in [-0.3, -0.25) is 4.79 Å². The summed E-state index contributed by atoms with van der Waals surface area (Å²) in [5, 5.41) is 19.5. The fraction of sp³-hybridized carbons (Fsp3) is 0.708. The molecule has 0 unspecified atom stereocenters. The summed E-state index contributed by atoms with van der Waals surface area (Å²) in [6.45, 7) is 7.95. The molecular weight excluding hydrogens is 414 g/mol. The number of rotatable bonds is 14. The highest BCUT2D eigenvalue weighted by Gasteiger charge is 2.27. The van der Waals surface area contributed by atoms with Crippen molar-refractivity contribution in [1.29, 1.82) is 0 Å². The lowest BCUT2D eigenvalue weighted by Crippen LogP contribution is -2.39. The standard InChI is InChI=1S/C24H39NO7/c1-15(2)18(14-19(25)20(26)10-16(3)24(27)28)11-17-12-21(30-7-5-6-29-4)23-22(13-17)31-8-9-32-23/h12-13,15-16,18-20,26H,5-11,14,25H2,1-4H3,(H,27,28)/t16-,18+,19+,20+/m1/s1. The maximum Gasteiger partial charge on any atom is 0.306 e. The third-order valence-corrected chi connectivity index (χ3v) is 5.94. The average Bonchev–Trinajstić information content (AvgIpc) is 2.75. The second kappa shape index (κ2) is 12.9. The number of ether oxygens (including phenoxy) is 4. The molecule has 2 rings (SSSR count). The first-order valence-electron chi connectivity index (χ1n) is 11.4. The first-order valence-corrected chi connectivity index (χ1v) is 11.4. The van der Waals surface area contributed by atoms with Crippen LogP contribution in [0.5, 0.6) is 17.2 Å². The van der Waals surface area contributed by atoms with Gasteiger partial charge in [0.25, 0.3) is 0 Å². The largest absolute Gasteiger partial charge is 0.489 e. The zero-order chi connectivity index (χ0) is 23.7. The van der Waals surface area contributed by atoms with Crippen LogP contribution in [0.1, 0.15) is 45.6 Å². The second-order valence-electron chi connectivity index (χ2n) is 8.96. The minimum Gasteiger partial charge on any atom is -0.489 e. The van der Waals surface area contributed by atoms with E-state index in [1.165, 1.54) is 0 Å². The van der Waals surface area contributed by atoms with E-state index in [4.69, 9.17) is 29.8 Å². The molecule has 0 saturated carbocycles. The molecule has 0 aliphatic carbocycles. The summed E-state index contributed by atoms with van der Waals surface area (Å²) in [5.41, 5.74) is 7.32. The molecule has 0 spiro atoms. The Morgan fingerprint density at radius 2 is 1.88 bits per heavy atom. The van der Waals surface area contributed by atoms with Crippen LogP contribution < -0.4 is 19.9 Å². The predicted octanol–water partition coefficient (Wildman–Crippen LogP) is 2.88. The van der Waals surface area contributed by atoms with Gasteiger partial charge in [0.1, 0.15) is 13.2 Å². The lowest BCUT2D eigenvalue weighted by molar-refractivity contribution is -0.142. The minimum atomic E-state index is -0.925. The van der Waals surface area contributed by atoms with Crippen LogP contribution in [0.15, 0.2) is 12.1 Å². The average molecular weight is 454 g/mol. The molecule has 4 atom stereocenters. The van der Waals surface area contributed by atoms with E-state index in [1.807, 2.05) is 12.1 Å². The molecule has 1 aromatic carbocycles. The molecule has 32 heavy (non-hydrogen) atoms. The lowest BCUT2D eigenvalue weighted by atomic mass is 9.82. The number of benzene rings is 1. The summed E-state index contributed by atoms with van der Waals surface area (Å²) in [7, 11) is 1.66. The van der Waals surface area contributed by atoms with Gasteiger partial charge in [0.05, 0.1) is 18.6 Å². The van der Waals surface area contributed by atoms with Crippen LogP contribution >= 0.6 is 0 Å². The third kappa shape index (κ3) is 7.83. The Morgan fingerprint density at radius 3 is 2.53 bits per heavy atom. The molecule has 1 aliphatic heterocycles. The molecule has 8 heteroatoms. The summed E-state index contributed by atoms with van der Waals surface area (Å²) < 4.78 is 22.7.